The zero-order valence-electron chi connectivity index (χ0n) is 2.09. The van der Waals surface area contributed by atoms with Gasteiger partial charge in [0.1, 0.15) is 0 Å². The van der Waals surface area contributed by atoms with E-state index in [1.807, 2.05) is 0 Å². The molecule has 0 saturated heterocycles. The van der Waals surface area contributed by atoms with E-state index in [0.717, 1.165) is 0 Å². The molecule has 18 valence electrons. The molecule has 0 fully saturated rings. The summed E-state index contributed by atoms with van der Waals surface area (Å²) in [5.41, 5.74) is 0. The van der Waals surface area contributed by atoms with E-state index in [9.17, 15) is 0 Å². The van der Waals surface area contributed by atoms with Crippen molar-refractivity contribution in [2.24, 2.45) is 0 Å². The molecule has 0 atom stereocenters. The zero-order chi connectivity index (χ0) is 2.71. The van der Waals surface area contributed by atoms with Crippen LogP contribution in [0.5, 0.6) is 0 Å². The molecule has 0 rings (SSSR count). The Hall–Kier alpha value is 1.95. The predicted octanol–water partition coefficient (Wildman–Crippen LogP) is -1.52. The summed E-state index contributed by atoms with van der Waals surface area (Å²) in [6.45, 7) is 0. The third kappa shape index (κ3) is 9.04. The van der Waals surface area contributed by atoms with Gasteiger partial charge in [0, 0.05) is 0 Å². The number of hydrogen-bond donors (Lipinski definition) is 0. The SMILES string of the molecule is [AlH2][AlH][Cl].[LiH]. The van der Waals surface area contributed by atoms with Crippen LogP contribution in [-0.2, 0) is 0 Å². The van der Waals surface area contributed by atoms with Crippen molar-refractivity contribution in [3.8, 4) is 0 Å². The topological polar surface area (TPSA) is 0 Å². The van der Waals surface area contributed by atoms with Crippen molar-refractivity contribution in [1.82, 2.24) is 0 Å². The van der Waals surface area contributed by atoms with E-state index in [1.54, 1.807) is 0 Å². The summed E-state index contributed by atoms with van der Waals surface area (Å²) in [4.78, 5) is 0. The van der Waals surface area contributed by atoms with Gasteiger partial charge in [-0.05, 0) is 0 Å². The molecular weight excluding hydrogens is 96.4 g/mol. The van der Waals surface area contributed by atoms with Gasteiger partial charge in [-0.1, -0.05) is 0 Å². The first-order valence-corrected chi connectivity index (χ1v) is 8.77. The summed E-state index contributed by atoms with van der Waals surface area (Å²) in [5.74, 6) is 0. The molecule has 0 saturated carbocycles. The van der Waals surface area contributed by atoms with Crippen LogP contribution in [0.1, 0.15) is 0 Å². The summed E-state index contributed by atoms with van der Waals surface area (Å²) >= 11 is 1.30. The van der Waals surface area contributed by atoms with Gasteiger partial charge in [0.05, 0.1) is 0 Å². The summed E-state index contributed by atoms with van der Waals surface area (Å²) in [6, 6.07) is 0. The summed E-state index contributed by atoms with van der Waals surface area (Å²) < 4.78 is 0. The maximum atomic E-state index is 5.20. The van der Waals surface area contributed by atoms with Gasteiger partial charge >= 0.3 is 18.9 Å². The van der Waals surface area contributed by atoms with Gasteiger partial charge in [-0.25, -0.2) is 0 Å². The molecule has 0 amide bonds. The van der Waals surface area contributed by atoms with Crippen LogP contribution in [0.15, 0.2) is 0 Å². The molecule has 0 spiro atoms. The monoisotopic (exact) mass is 100.0 g/mol. The summed E-state index contributed by atoms with van der Waals surface area (Å²) in [7, 11) is 5.20. The molecule has 0 aliphatic heterocycles. The molecule has 4 heteroatoms. The molecule has 0 radical (unpaired) electrons. The van der Waals surface area contributed by atoms with Crippen LogP contribution in [0.3, 0.4) is 0 Å². The van der Waals surface area contributed by atoms with Crippen LogP contribution in [0.4, 0.5) is 0 Å². The molecule has 0 bridgehead atoms. The molecule has 0 heterocycles. The van der Waals surface area contributed by atoms with E-state index < -0.39 is 0 Å². The zero-order valence-corrected chi connectivity index (χ0v) is 6.26. The van der Waals surface area contributed by atoms with Gasteiger partial charge in [-0.2, -0.15) is 0 Å². The van der Waals surface area contributed by atoms with Gasteiger partial charge in [-0.15, -0.1) is 0 Å². The van der Waals surface area contributed by atoms with E-state index in [1.165, 1.54) is 14.4 Å². The molecule has 4 heavy (non-hydrogen) atoms. The first-order valence-electron chi connectivity index (χ1n) is 0.974. The Morgan fingerprint density at radius 2 is 1.75 bits per heavy atom. The average molecular weight is 100 g/mol. The van der Waals surface area contributed by atoms with E-state index in [2.05, 4.69) is 0 Å². The van der Waals surface area contributed by atoms with Crippen molar-refractivity contribution >= 4 is 55.7 Å². The average Bonchev–Trinajstić information content (AvgIpc) is 0.918. The Balaban J connectivity index is 0. The van der Waals surface area contributed by atoms with Crippen molar-refractivity contribution in [3.05, 3.63) is 0 Å². The van der Waals surface area contributed by atoms with Gasteiger partial charge < -0.3 is 0 Å². The molecular formula is H4Al2ClLi. The minimum absolute atomic E-state index is 0. The summed E-state index contributed by atoms with van der Waals surface area (Å²) in [5, 5.41) is 0. The van der Waals surface area contributed by atoms with Crippen molar-refractivity contribution in [3.63, 3.8) is 0 Å². The van der Waals surface area contributed by atoms with Crippen LogP contribution in [0.2, 0.25) is 0 Å². The Morgan fingerprint density at radius 1 is 1.75 bits per heavy atom. The Bertz CT molecular complexity index is 6.00. The first kappa shape index (κ1) is 9.35. The fraction of sp³-hybridized carbons (Fsp3) is 0. The molecule has 0 aromatic carbocycles. The van der Waals surface area contributed by atoms with Gasteiger partial charge in [0.2, 0.25) is 0 Å². The van der Waals surface area contributed by atoms with Crippen LogP contribution >= 0.6 is 10.0 Å². The number of hydrogen-bond acceptors (Lipinski definition) is 0. The van der Waals surface area contributed by atoms with E-state index in [0.29, 0.717) is 0 Å². The second-order valence-corrected chi connectivity index (χ2v) is 7.22. The standard InChI is InChI=1S/2Al.ClH.Li.4H/h;;1H;;;;;/q;+1;;;;;;/p-1. The maximum absolute atomic E-state index is 5.20. The fourth-order valence-corrected chi connectivity index (χ4v) is 0. The molecule has 0 aromatic rings. The van der Waals surface area contributed by atoms with Gasteiger partial charge in [0.15, 0.2) is 14.4 Å². The Morgan fingerprint density at radius 3 is 1.75 bits per heavy atom. The third-order valence-electron chi connectivity index (χ3n) is 0. The van der Waals surface area contributed by atoms with Gasteiger partial charge in [-0.3, -0.25) is 10.0 Å². The Labute approximate surface area is 55.3 Å². The molecule has 0 aliphatic carbocycles. The minimum atomic E-state index is 0. The van der Waals surface area contributed by atoms with Crippen molar-refractivity contribution in [2.45, 2.75) is 0 Å². The van der Waals surface area contributed by atoms with Crippen LogP contribution in [0, 0.1) is 0 Å². The van der Waals surface area contributed by atoms with E-state index in [4.69, 9.17) is 10.0 Å². The first-order chi connectivity index (χ1) is 1.41. The number of halogens is 1. The predicted molar refractivity (Wildman–Crippen MR) is 28.7 cm³/mol. The normalized spacial score (nSPS) is 3.25. The third-order valence-corrected chi connectivity index (χ3v) is 0. The second-order valence-electron chi connectivity index (χ2n) is 0.267. The van der Waals surface area contributed by atoms with Crippen molar-refractivity contribution in [1.29, 1.82) is 0 Å². The molecule has 0 aromatic heterocycles. The molecule has 0 unspecified atom stereocenters. The Kier molecular flexibility index (Phi) is 20.7. The number of rotatable bonds is 0. The van der Waals surface area contributed by atoms with Gasteiger partial charge in [0.25, 0.3) is 12.4 Å². The quantitative estimate of drug-likeness (QED) is 0.324. The summed E-state index contributed by atoms with van der Waals surface area (Å²) in [6.07, 6.45) is 0. The van der Waals surface area contributed by atoms with Crippen LogP contribution in [-0.4, -0.2) is 45.6 Å². The van der Waals surface area contributed by atoms with E-state index in [-0.39, 0.29) is 31.3 Å². The molecule has 0 N–H and O–H groups in total. The molecule has 0 aliphatic rings. The van der Waals surface area contributed by atoms with E-state index >= 15 is 0 Å². The fourth-order valence-electron chi connectivity index (χ4n) is 0. The molecule has 0 nitrogen and oxygen atoms in total. The second kappa shape index (κ2) is 8.88. The van der Waals surface area contributed by atoms with Crippen molar-refractivity contribution < 1.29 is 0 Å². The van der Waals surface area contributed by atoms with Crippen molar-refractivity contribution in [2.75, 3.05) is 0 Å². The van der Waals surface area contributed by atoms with Crippen LogP contribution < -0.4 is 0 Å². The van der Waals surface area contributed by atoms with Crippen LogP contribution in [0.25, 0.3) is 0 Å².